The van der Waals surface area contributed by atoms with Gasteiger partial charge < -0.3 is 10.5 Å². The number of ether oxygens (including phenoxy) is 1. The molecule has 2 N–H and O–H groups in total. The van der Waals surface area contributed by atoms with Crippen LogP contribution in [-0.4, -0.2) is 33.3 Å². The van der Waals surface area contributed by atoms with Crippen molar-refractivity contribution in [1.29, 1.82) is 0 Å². The van der Waals surface area contributed by atoms with E-state index in [4.69, 9.17) is 10.5 Å². The van der Waals surface area contributed by atoms with E-state index in [0.29, 0.717) is 22.3 Å². The van der Waals surface area contributed by atoms with Crippen molar-refractivity contribution in [3.05, 3.63) is 71.1 Å². The number of hydrogen-bond donors (Lipinski definition) is 1. The monoisotopic (exact) mass is 537 g/mol. The first kappa shape index (κ1) is 21.6. The predicted molar refractivity (Wildman–Crippen MR) is 117 cm³/mol. The van der Waals surface area contributed by atoms with Gasteiger partial charge in [-0.1, -0.05) is 15.9 Å². The van der Waals surface area contributed by atoms with Crippen molar-refractivity contribution in [2.24, 2.45) is 10.8 Å². The molecule has 10 nitrogen and oxygen atoms in total. The molecular weight excluding hydrogens is 526 g/mol. The third-order valence-corrected chi connectivity index (χ3v) is 4.98. The van der Waals surface area contributed by atoms with Crippen molar-refractivity contribution in [2.45, 2.75) is 6.92 Å². The average molecular weight is 539 g/mol. The Morgan fingerprint density at radius 2 is 2.10 bits per heavy atom. The number of carbonyl (C=O) groups is 1. The Hall–Kier alpha value is -3.12. The number of halogens is 2. The van der Waals surface area contributed by atoms with Gasteiger partial charge in [0.25, 0.3) is 11.5 Å². The van der Waals surface area contributed by atoms with E-state index < -0.39 is 23.1 Å². The highest BCUT2D eigenvalue weighted by Gasteiger charge is 2.20. The molecule has 0 aliphatic heterocycles. The summed E-state index contributed by atoms with van der Waals surface area (Å²) in [6.45, 7) is 1.11. The maximum atomic E-state index is 12.8. The molecule has 0 saturated heterocycles. The Kier molecular flexibility index (Phi) is 6.27. The molecular formula is C18H13Br2N5O5. The number of aromatic nitrogens is 2. The quantitative estimate of drug-likeness (QED) is 0.290. The number of aryl methyl sites for hydroxylation is 1. The number of nitrogens with zero attached hydrogens (tertiary/aromatic N) is 4. The highest BCUT2D eigenvalue weighted by atomic mass is 79.9. The first-order valence-corrected chi connectivity index (χ1v) is 9.88. The predicted octanol–water partition coefficient (Wildman–Crippen LogP) is 2.88. The topological polar surface area (TPSA) is 143 Å². The molecule has 0 bridgehead atoms. The lowest BCUT2D eigenvalue weighted by atomic mass is 10.2. The van der Waals surface area contributed by atoms with Gasteiger partial charge in [0.15, 0.2) is 6.61 Å². The van der Waals surface area contributed by atoms with E-state index in [-0.39, 0.29) is 15.8 Å². The minimum Gasteiger partial charge on any atom is -0.476 e. The molecule has 0 aliphatic carbocycles. The molecule has 12 heteroatoms. The summed E-state index contributed by atoms with van der Waals surface area (Å²) < 4.78 is 7.18. The normalized spacial score (nSPS) is 11.2. The standard InChI is InChI=1S/C18H13Br2N5O5/c1-9-23-14-3-2-11(19)6-12(14)18(27)24(9)22-7-10-4-13(20)17(30-8-16(21)26)15(5-10)25(28)29/h2-7H,8H2,1H3,(H2,21,26). The molecule has 1 amide bonds. The number of rotatable bonds is 6. The second-order valence-corrected chi connectivity index (χ2v) is 7.82. The number of nitro benzene ring substituents is 1. The van der Waals surface area contributed by atoms with Crippen molar-refractivity contribution in [2.75, 3.05) is 6.61 Å². The second kappa shape index (κ2) is 8.71. The van der Waals surface area contributed by atoms with E-state index in [1.807, 2.05) is 0 Å². The van der Waals surface area contributed by atoms with E-state index in [2.05, 4.69) is 41.9 Å². The van der Waals surface area contributed by atoms with Gasteiger partial charge in [-0.3, -0.25) is 19.7 Å². The summed E-state index contributed by atoms with van der Waals surface area (Å²) in [5, 5.41) is 15.9. The van der Waals surface area contributed by atoms with E-state index >= 15 is 0 Å². The van der Waals surface area contributed by atoms with Crippen LogP contribution in [0.1, 0.15) is 11.4 Å². The average Bonchev–Trinajstić information content (AvgIpc) is 2.67. The van der Waals surface area contributed by atoms with Gasteiger partial charge in [-0.05, 0) is 47.1 Å². The Morgan fingerprint density at radius 1 is 1.37 bits per heavy atom. The van der Waals surface area contributed by atoms with Crippen LogP contribution in [0.3, 0.4) is 0 Å². The van der Waals surface area contributed by atoms with Gasteiger partial charge in [0.1, 0.15) is 5.82 Å². The summed E-state index contributed by atoms with van der Waals surface area (Å²) in [7, 11) is 0. The Balaban J connectivity index is 2.05. The zero-order chi connectivity index (χ0) is 22.0. The van der Waals surface area contributed by atoms with Crippen molar-refractivity contribution in [1.82, 2.24) is 9.66 Å². The summed E-state index contributed by atoms with van der Waals surface area (Å²) in [6.07, 6.45) is 1.29. The Bertz CT molecular complexity index is 1270. The van der Waals surface area contributed by atoms with Gasteiger partial charge in [-0.2, -0.15) is 9.78 Å². The lowest BCUT2D eigenvalue weighted by Gasteiger charge is -2.08. The molecule has 0 atom stereocenters. The number of amides is 1. The summed E-state index contributed by atoms with van der Waals surface area (Å²) >= 11 is 6.50. The van der Waals surface area contributed by atoms with Crippen LogP contribution in [0.2, 0.25) is 0 Å². The number of nitro groups is 1. The molecule has 30 heavy (non-hydrogen) atoms. The first-order valence-electron chi connectivity index (χ1n) is 8.29. The van der Waals surface area contributed by atoms with Gasteiger partial charge in [-0.25, -0.2) is 4.98 Å². The molecule has 3 aromatic rings. The van der Waals surface area contributed by atoms with Gasteiger partial charge in [-0.15, -0.1) is 0 Å². The van der Waals surface area contributed by atoms with E-state index in [1.165, 1.54) is 18.3 Å². The number of fused-ring (bicyclic) bond motifs is 1. The van der Waals surface area contributed by atoms with Crippen LogP contribution < -0.4 is 16.0 Å². The summed E-state index contributed by atoms with van der Waals surface area (Å²) in [5.74, 6) is -0.560. The van der Waals surface area contributed by atoms with Crippen molar-refractivity contribution in [3.8, 4) is 5.75 Å². The summed E-state index contributed by atoms with van der Waals surface area (Å²) in [4.78, 5) is 38.8. The van der Waals surface area contributed by atoms with Crippen LogP contribution >= 0.6 is 31.9 Å². The molecule has 0 spiro atoms. The number of nitrogens with two attached hydrogens (primary N) is 1. The van der Waals surface area contributed by atoms with Gasteiger partial charge in [0.2, 0.25) is 5.75 Å². The first-order chi connectivity index (χ1) is 14.2. The fourth-order valence-electron chi connectivity index (χ4n) is 2.62. The maximum absolute atomic E-state index is 12.8. The number of benzene rings is 2. The zero-order valence-corrected chi connectivity index (χ0v) is 18.5. The lowest BCUT2D eigenvalue weighted by Crippen LogP contribution is -2.21. The third-order valence-electron chi connectivity index (χ3n) is 3.89. The van der Waals surface area contributed by atoms with Crippen LogP contribution in [0.15, 0.2) is 49.2 Å². The van der Waals surface area contributed by atoms with Crippen LogP contribution in [0.25, 0.3) is 10.9 Å². The SMILES string of the molecule is Cc1nc2ccc(Br)cc2c(=O)n1N=Cc1cc(Br)c(OCC(N)=O)c([N+](=O)[O-])c1. The maximum Gasteiger partial charge on any atom is 0.312 e. The fourth-order valence-corrected chi connectivity index (χ4v) is 3.56. The van der Waals surface area contributed by atoms with Crippen molar-refractivity contribution < 1.29 is 14.5 Å². The highest BCUT2D eigenvalue weighted by Crippen LogP contribution is 2.36. The molecule has 2 aromatic carbocycles. The Morgan fingerprint density at radius 3 is 2.77 bits per heavy atom. The molecule has 154 valence electrons. The largest absolute Gasteiger partial charge is 0.476 e. The molecule has 0 aliphatic rings. The molecule has 1 heterocycles. The fraction of sp³-hybridized carbons (Fsp3) is 0.111. The van der Waals surface area contributed by atoms with Crippen LogP contribution in [-0.2, 0) is 4.79 Å². The molecule has 0 unspecified atom stereocenters. The van der Waals surface area contributed by atoms with Gasteiger partial charge in [0.05, 0.1) is 26.5 Å². The molecule has 0 saturated carbocycles. The summed E-state index contributed by atoms with van der Waals surface area (Å²) in [5.41, 5.74) is 5.10. The van der Waals surface area contributed by atoms with Gasteiger partial charge in [0, 0.05) is 16.1 Å². The molecule has 0 radical (unpaired) electrons. The van der Waals surface area contributed by atoms with Crippen LogP contribution in [0.5, 0.6) is 5.75 Å². The van der Waals surface area contributed by atoms with Crippen molar-refractivity contribution >= 4 is 60.6 Å². The van der Waals surface area contributed by atoms with Crippen LogP contribution in [0, 0.1) is 17.0 Å². The number of primary amides is 1. The smallest absolute Gasteiger partial charge is 0.312 e. The second-order valence-electron chi connectivity index (χ2n) is 6.05. The lowest BCUT2D eigenvalue weighted by molar-refractivity contribution is -0.385. The molecule has 3 rings (SSSR count). The number of carbonyl (C=O) groups excluding carboxylic acids is 1. The van der Waals surface area contributed by atoms with Crippen LogP contribution in [0.4, 0.5) is 5.69 Å². The zero-order valence-electron chi connectivity index (χ0n) is 15.3. The summed E-state index contributed by atoms with van der Waals surface area (Å²) in [6, 6.07) is 7.84. The molecule has 1 aromatic heterocycles. The highest BCUT2D eigenvalue weighted by molar-refractivity contribution is 9.10. The minimum absolute atomic E-state index is 0.137. The Labute approximate surface area is 185 Å². The number of hydrogen-bond acceptors (Lipinski definition) is 7. The minimum atomic E-state index is -0.771. The van der Waals surface area contributed by atoms with Gasteiger partial charge >= 0.3 is 5.69 Å². The van der Waals surface area contributed by atoms with Crippen molar-refractivity contribution in [3.63, 3.8) is 0 Å². The van der Waals surface area contributed by atoms with E-state index in [0.717, 1.165) is 9.15 Å². The third kappa shape index (κ3) is 4.54. The van der Waals surface area contributed by atoms with E-state index in [9.17, 15) is 19.7 Å². The molecule has 0 fully saturated rings. The van der Waals surface area contributed by atoms with E-state index in [1.54, 1.807) is 25.1 Å².